The summed E-state index contributed by atoms with van der Waals surface area (Å²) in [6, 6.07) is 6.17. The Hall–Kier alpha value is -2.93. The van der Waals surface area contributed by atoms with E-state index >= 15 is 0 Å². The molecule has 0 atom stereocenters. The van der Waals surface area contributed by atoms with Crippen molar-refractivity contribution in [2.24, 2.45) is 5.10 Å². The van der Waals surface area contributed by atoms with Crippen LogP contribution in [0.3, 0.4) is 0 Å². The van der Waals surface area contributed by atoms with Crippen LogP contribution in [0.4, 0.5) is 10.1 Å². The Morgan fingerprint density at radius 3 is 2.88 bits per heavy atom. The lowest BCUT2D eigenvalue weighted by molar-refractivity contribution is 0.642. The van der Waals surface area contributed by atoms with E-state index < -0.39 is 5.82 Å². The van der Waals surface area contributed by atoms with E-state index in [1.807, 2.05) is 0 Å². The van der Waals surface area contributed by atoms with Gasteiger partial charge in [-0.1, -0.05) is 0 Å². The van der Waals surface area contributed by atoms with Gasteiger partial charge in [0.05, 0.1) is 22.8 Å². The third kappa shape index (κ3) is 1.90. The second kappa shape index (κ2) is 4.29. The quantitative estimate of drug-likeness (QED) is 0.601. The molecule has 17 heavy (non-hydrogen) atoms. The highest BCUT2D eigenvalue weighted by Gasteiger charge is 2.08. The van der Waals surface area contributed by atoms with Crippen molar-refractivity contribution in [2.45, 2.75) is 0 Å². The van der Waals surface area contributed by atoms with Crippen molar-refractivity contribution in [1.29, 1.82) is 10.5 Å². The van der Waals surface area contributed by atoms with Crippen molar-refractivity contribution in [2.75, 3.05) is 5.43 Å². The van der Waals surface area contributed by atoms with Crippen LogP contribution in [0.25, 0.3) is 10.9 Å². The fourth-order valence-electron chi connectivity index (χ4n) is 1.26. The Kier molecular flexibility index (Phi) is 2.67. The molecule has 0 radical (unpaired) electrons. The highest BCUT2D eigenvalue weighted by Crippen LogP contribution is 2.22. The standard InChI is InChI=1S/C10H5FN6/c11-10-7-5-14-16-8(7)1-2-9(10)17-15-6(3-12)4-13/h1-2,5,17H,(H,14,16). The van der Waals surface area contributed by atoms with Crippen molar-refractivity contribution in [3.63, 3.8) is 0 Å². The smallest absolute Gasteiger partial charge is 0.237 e. The number of benzene rings is 1. The van der Waals surface area contributed by atoms with E-state index in [1.54, 1.807) is 18.2 Å². The zero-order valence-electron chi connectivity index (χ0n) is 8.40. The molecular weight excluding hydrogens is 223 g/mol. The number of aromatic amines is 1. The number of rotatable bonds is 2. The highest BCUT2D eigenvalue weighted by molar-refractivity contribution is 6.10. The van der Waals surface area contributed by atoms with Crippen LogP contribution < -0.4 is 5.43 Å². The zero-order chi connectivity index (χ0) is 12.3. The molecule has 2 rings (SSSR count). The molecule has 0 amide bonds. The number of hydrogen-bond donors (Lipinski definition) is 2. The molecule has 6 nitrogen and oxygen atoms in total. The summed E-state index contributed by atoms with van der Waals surface area (Å²) in [7, 11) is 0. The van der Waals surface area contributed by atoms with Gasteiger partial charge in [-0.3, -0.25) is 10.5 Å². The fraction of sp³-hybridized carbons (Fsp3) is 0. The summed E-state index contributed by atoms with van der Waals surface area (Å²) in [5, 5.41) is 27.0. The van der Waals surface area contributed by atoms with Crippen molar-refractivity contribution >= 4 is 22.3 Å². The van der Waals surface area contributed by atoms with E-state index in [0.29, 0.717) is 10.9 Å². The Balaban J connectivity index is 2.38. The van der Waals surface area contributed by atoms with Crippen LogP contribution in [-0.2, 0) is 0 Å². The lowest BCUT2D eigenvalue weighted by atomic mass is 10.2. The predicted octanol–water partition coefficient (Wildman–Crippen LogP) is 1.52. The van der Waals surface area contributed by atoms with Crippen LogP contribution in [0.2, 0.25) is 0 Å². The molecular formula is C10H5FN6. The second-order valence-corrected chi connectivity index (χ2v) is 3.05. The van der Waals surface area contributed by atoms with Gasteiger partial charge in [-0.25, -0.2) is 4.39 Å². The summed E-state index contributed by atoms with van der Waals surface area (Å²) in [6.07, 6.45) is 1.34. The normalized spacial score (nSPS) is 9.35. The van der Waals surface area contributed by atoms with Crippen LogP contribution in [0.1, 0.15) is 0 Å². The summed E-state index contributed by atoms with van der Waals surface area (Å²) < 4.78 is 13.8. The number of hydrazone groups is 1. The Morgan fingerprint density at radius 2 is 2.18 bits per heavy atom. The lowest BCUT2D eigenvalue weighted by Gasteiger charge is -2.01. The van der Waals surface area contributed by atoms with E-state index in [9.17, 15) is 4.39 Å². The molecule has 2 N–H and O–H groups in total. The maximum absolute atomic E-state index is 13.8. The third-order valence-corrected chi connectivity index (χ3v) is 2.06. The zero-order valence-corrected chi connectivity index (χ0v) is 8.40. The second-order valence-electron chi connectivity index (χ2n) is 3.05. The lowest BCUT2D eigenvalue weighted by Crippen LogP contribution is -1.98. The van der Waals surface area contributed by atoms with Crippen LogP contribution in [0, 0.1) is 28.5 Å². The molecule has 0 spiro atoms. The molecule has 0 saturated carbocycles. The number of H-pyrrole nitrogens is 1. The number of aromatic nitrogens is 2. The van der Waals surface area contributed by atoms with Crippen molar-refractivity contribution < 1.29 is 4.39 Å². The number of anilines is 1. The van der Waals surface area contributed by atoms with Gasteiger partial charge in [-0.15, -0.1) is 0 Å². The summed E-state index contributed by atoms with van der Waals surface area (Å²) in [4.78, 5) is 0. The molecule has 0 fully saturated rings. The van der Waals surface area contributed by atoms with Crippen molar-refractivity contribution in [1.82, 2.24) is 10.2 Å². The van der Waals surface area contributed by atoms with Gasteiger partial charge in [0.2, 0.25) is 5.71 Å². The summed E-state index contributed by atoms with van der Waals surface area (Å²) >= 11 is 0. The van der Waals surface area contributed by atoms with Crippen LogP contribution in [0.5, 0.6) is 0 Å². The fourth-order valence-corrected chi connectivity index (χ4v) is 1.26. The topological polar surface area (TPSA) is 101 Å². The van der Waals surface area contributed by atoms with E-state index in [1.165, 1.54) is 12.3 Å². The molecule has 0 saturated heterocycles. The third-order valence-electron chi connectivity index (χ3n) is 2.06. The van der Waals surface area contributed by atoms with E-state index in [0.717, 1.165) is 0 Å². The Bertz CT molecular complexity index is 656. The van der Waals surface area contributed by atoms with Crippen molar-refractivity contribution in [3.05, 3.63) is 24.1 Å². The molecule has 1 aromatic carbocycles. The number of hydrogen-bond acceptors (Lipinski definition) is 5. The monoisotopic (exact) mass is 228 g/mol. The number of nitrogens with one attached hydrogen (secondary N) is 2. The maximum atomic E-state index is 13.8. The van der Waals surface area contributed by atoms with Gasteiger partial charge in [0.25, 0.3) is 0 Å². The molecule has 2 aromatic rings. The maximum Gasteiger partial charge on any atom is 0.237 e. The molecule has 82 valence electrons. The number of fused-ring (bicyclic) bond motifs is 1. The minimum atomic E-state index is -0.546. The molecule has 1 aromatic heterocycles. The molecule has 0 aliphatic rings. The van der Waals surface area contributed by atoms with Crippen LogP contribution >= 0.6 is 0 Å². The average Bonchev–Trinajstić information content (AvgIpc) is 2.82. The Morgan fingerprint density at radius 1 is 1.41 bits per heavy atom. The van der Waals surface area contributed by atoms with Gasteiger partial charge in [0, 0.05) is 0 Å². The first kappa shape index (κ1) is 10.6. The van der Waals surface area contributed by atoms with Gasteiger partial charge in [-0.05, 0) is 12.1 Å². The molecule has 0 aliphatic heterocycles. The van der Waals surface area contributed by atoms with Crippen LogP contribution in [-0.4, -0.2) is 15.9 Å². The molecule has 0 unspecified atom stereocenters. The molecule has 1 heterocycles. The minimum Gasteiger partial charge on any atom is -0.278 e. The average molecular weight is 228 g/mol. The van der Waals surface area contributed by atoms with Gasteiger partial charge in [0.15, 0.2) is 5.82 Å². The first-order valence-electron chi connectivity index (χ1n) is 4.51. The Labute approximate surface area is 95.0 Å². The van der Waals surface area contributed by atoms with Gasteiger partial charge in [0.1, 0.15) is 12.1 Å². The van der Waals surface area contributed by atoms with E-state index in [-0.39, 0.29) is 11.4 Å². The predicted molar refractivity (Wildman–Crippen MR) is 58.3 cm³/mol. The van der Waals surface area contributed by atoms with E-state index in [2.05, 4.69) is 20.7 Å². The van der Waals surface area contributed by atoms with Gasteiger partial charge < -0.3 is 0 Å². The summed E-state index contributed by atoms with van der Waals surface area (Å²) in [5.74, 6) is -0.546. The molecule has 0 aliphatic carbocycles. The highest BCUT2D eigenvalue weighted by atomic mass is 19.1. The largest absolute Gasteiger partial charge is 0.278 e. The molecule has 7 heteroatoms. The van der Waals surface area contributed by atoms with Crippen molar-refractivity contribution in [3.8, 4) is 12.1 Å². The molecule has 0 bridgehead atoms. The first-order chi connectivity index (χ1) is 8.26. The summed E-state index contributed by atoms with van der Waals surface area (Å²) in [5.41, 5.74) is 2.57. The number of halogens is 1. The SMILES string of the molecule is N#CC(C#N)=NNc1ccc2[nH]ncc2c1F. The van der Waals surface area contributed by atoms with E-state index in [4.69, 9.17) is 10.5 Å². The van der Waals surface area contributed by atoms with Crippen LogP contribution in [0.15, 0.2) is 23.4 Å². The van der Waals surface area contributed by atoms with Gasteiger partial charge in [-0.2, -0.15) is 20.7 Å². The number of nitrogens with zero attached hydrogens (tertiary/aromatic N) is 4. The minimum absolute atomic E-state index is 0.0712. The van der Waals surface area contributed by atoms with Gasteiger partial charge >= 0.3 is 0 Å². The number of nitriles is 2. The summed E-state index contributed by atoms with van der Waals surface area (Å²) in [6.45, 7) is 0. The first-order valence-corrected chi connectivity index (χ1v) is 4.51.